The van der Waals surface area contributed by atoms with Crippen LogP contribution in [-0.2, 0) is 11.4 Å². The first-order valence-electron chi connectivity index (χ1n) is 6.86. The van der Waals surface area contributed by atoms with E-state index < -0.39 is 0 Å². The third kappa shape index (κ3) is 3.49. The smallest absolute Gasteiger partial charge is 0.234 e. The minimum atomic E-state index is -0.338. The molecule has 0 aliphatic carbocycles. The third-order valence-corrected chi connectivity index (χ3v) is 4.50. The summed E-state index contributed by atoms with van der Waals surface area (Å²) in [6.45, 7) is 7.76. The first kappa shape index (κ1) is 15.7. The van der Waals surface area contributed by atoms with Crippen LogP contribution in [0.2, 0.25) is 0 Å². The number of nitrogens with zero attached hydrogens (tertiary/aromatic N) is 1. The van der Waals surface area contributed by atoms with Crippen LogP contribution in [0.4, 0.5) is 5.69 Å². The molecule has 112 valence electrons. The Labute approximate surface area is 128 Å². The van der Waals surface area contributed by atoms with Crippen LogP contribution in [0.5, 0.6) is 0 Å². The highest BCUT2D eigenvalue weighted by Crippen LogP contribution is 2.25. The number of hydrogen-bond donors (Lipinski definition) is 2. The SMILES string of the molecule is Cc1cc(C)c(NC(=O)C(C)c2nc(CO)cs2)c(C)c1. The Morgan fingerprint density at radius 3 is 2.48 bits per heavy atom. The van der Waals surface area contributed by atoms with Gasteiger partial charge in [0.15, 0.2) is 0 Å². The van der Waals surface area contributed by atoms with Gasteiger partial charge in [-0.1, -0.05) is 17.7 Å². The van der Waals surface area contributed by atoms with E-state index in [0.717, 1.165) is 21.8 Å². The van der Waals surface area contributed by atoms with Gasteiger partial charge in [-0.2, -0.15) is 0 Å². The van der Waals surface area contributed by atoms with E-state index in [9.17, 15) is 4.79 Å². The van der Waals surface area contributed by atoms with Gasteiger partial charge < -0.3 is 10.4 Å². The minimum Gasteiger partial charge on any atom is -0.390 e. The predicted octanol–water partition coefficient (Wildman–Crippen LogP) is 3.30. The van der Waals surface area contributed by atoms with Crippen molar-refractivity contribution in [2.45, 2.75) is 40.2 Å². The second kappa shape index (κ2) is 6.37. The van der Waals surface area contributed by atoms with Gasteiger partial charge in [0.1, 0.15) is 5.01 Å². The quantitative estimate of drug-likeness (QED) is 0.911. The Morgan fingerprint density at radius 1 is 1.33 bits per heavy atom. The van der Waals surface area contributed by atoms with Crippen LogP contribution in [0.3, 0.4) is 0 Å². The highest BCUT2D eigenvalue weighted by atomic mass is 32.1. The molecule has 1 atom stereocenters. The van der Waals surface area contributed by atoms with Crippen LogP contribution >= 0.6 is 11.3 Å². The number of anilines is 1. The average Bonchev–Trinajstić information content (AvgIpc) is 2.90. The van der Waals surface area contributed by atoms with E-state index >= 15 is 0 Å². The molecule has 0 saturated heterocycles. The molecule has 0 spiro atoms. The van der Waals surface area contributed by atoms with Gasteiger partial charge in [0.05, 0.1) is 18.2 Å². The Morgan fingerprint density at radius 2 is 1.95 bits per heavy atom. The molecule has 0 aliphatic heterocycles. The number of aliphatic hydroxyl groups is 1. The second-order valence-electron chi connectivity index (χ2n) is 5.32. The summed E-state index contributed by atoms with van der Waals surface area (Å²) in [6, 6.07) is 4.11. The lowest BCUT2D eigenvalue weighted by Gasteiger charge is -2.15. The molecule has 1 unspecified atom stereocenters. The van der Waals surface area contributed by atoms with Crippen molar-refractivity contribution in [2.24, 2.45) is 0 Å². The number of aliphatic hydroxyl groups excluding tert-OH is 1. The molecule has 1 amide bonds. The van der Waals surface area contributed by atoms with Gasteiger partial charge in [0.25, 0.3) is 0 Å². The molecule has 0 radical (unpaired) electrons. The summed E-state index contributed by atoms with van der Waals surface area (Å²) in [7, 11) is 0. The maximum absolute atomic E-state index is 12.4. The summed E-state index contributed by atoms with van der Waals surface area (Å²) in [5, 5.41) is 14.5. The highest BCUT2D eigenvalue weighted by molar-refractivity contribution is 7.09. The zero-order valence-corrected chi connectivity index (χ0v) is 13.5. The number of carbonyl (C=O) groups excluding carboxylic acids is 1. The van der Waals surface area contributed by atoms with Crippen molar-refractivity contribution >= 4 is 22.9 Å². The van der Waals surface area contributed by atoms with Crippen LogP contribution in [0, 0.1) is 20.8 Å². The number of hydrogen-bond acceptors (Lipinski definition) is 4. The fourth-order valence-electron chi connectivity index (χ4n) is 2.31. The molecule has 0 saturated carbocycles. The van der Waals surface area contributed by atoms with Crippen molar-refractivity contribution in [3.8, 4) is 0 Å². The van der Waals surface area contributed by atoms with Crippen LogP contribution in [0.25, 0.3) is 0 Å². The lowest BCUT2D eigenvalue weighted by atomic mass is 10.0. The number of rotatable bonds is 4. The summed E-state index contributed by atoms with van der Waals surface area (Å²) in [5.41, 5.74) is 4.78. The maximum atomic E-state index is 12.4. The molecular formula is C16H20N2O2S. The van der Waals surface area contributed by atoms with Crippen molar-refractivity contribution < 1.29 is 9.90 Å². The van der Waals surface area contributed by atoms with Crippen LogP contribution in [0.15, 0.2) is 17.5 Å². The number of aromatic nitrogens is 1. The number of aryl methyl sites for hydroxylation is 3. The molecule has 1 aromatic carbocycles. The zero-order chi connectivity index (χ0) is 15.6. The Kier molecular flexibility index (Phi) is 4.75. The van der Waals surface area contributed by atoms with E-state index in [-0.39, 0.29) is 18.4 Å². The van der Waals surface area contributed by atoms with Crippen molar-refractivity contribution in [1.29, 1.82) is 0 Å². The lowest BCUT2D eigenvalue weighted by molar-refractivity contribution is -0.117. The van der Waals surface area contributed by atoms with Gasteiger partial charge in [-0.3, -0.25) is 4.79 Å². The van der Waals surface area contributed by atoms with Gasteiger partial charge in [-0.05, 0) is 38.8 Å². The van der Waals surface area contributed by atoms with Crippen LogP contribution in [0.1, 0.15) is 40.2 Å². The van der Waals surface area contributed by atoms with E-state index in [0.29, 0.717) is 5.69 Å². The molecule has 0 aliphatic rings. The molecule has 1 aromatic heterocycles. The summed E-state index contributed by atoms with van der Waals surface area (Å²) in [4.78, 5) is 16.7. The summed E-state index contributed by atoms with van der Waals surface area (Å²) >= 11 is 1.40. The summed E-state index contributed by atoms with van der Waals surface area (Å²) < 4.78 is 0. The molecule has 0 bridgehead atoms. The van der Waals surface area contributed by atoms with Crippen LogP contribution in [-0.4, -0.2) is 16.0 Å². The molecule has 2 rings (SSSR count). The second-order valence-corrected chi connectivity index (χ2v) is 6.21. The van der Waals surface area contributed by atoms with E-state index in [1.165, 1.54) is 16.9 Å². The average molecular weight is 304 g/mol. The van der Waals surface area contributed by atoms with Gasteiger partial charge in [0.2, 0.25) is 5.91 Å². The lowest BCUT2D eigenvalue weighted by Crippen LogP contribution is -2.20. The first-order chi connectivity index (χ1) is 9.92. The first-order valence-corrected chi connectivity index (χ1v) is 7.74. The maximum Gasteiger partial charge on any atom is 0.234 e. The number of thiazole rings is 1. The molecule has 5 heteroatoms. The molecule has 0 fully saturated rings. The Hall–Kier alpha value is -1.72. The predicted molar refractivity (Wildman–Crippen MR) is 85.7 cm³/mol. The fourth-order valence-corrected chi connectivity index (χ4v) is 3.18. The number of nitrogens with one attached hydrogen (secondary N) is 1. The number of benzene rings is 1. The van der Waals surface area contributed by atoms with Gasteiger partial charge in [-0.25, -0.2) is 4.98 Å². The van der Waals surface area contributed by atoms with E-state index in [4.69, 9.17) is 5.11 Å². The van der Waals surface area contributed by atoms with Gasteiger partial charge in [-0.15, -0.1) is 11.3 Å². The Balaban J connectivity index is 2.18. The zero-order valence-electron chi connectivity index (χ0n) is 12.7. The van der Waals surface area contributed by atoms with Crippen molar-refractivity contribution in [3.63, 3.8) is 0 Å². The minimum absolute atomic E-state index is 0.0797. The van der Waals surface area contributed by atoms with Gasteiger partial charge in [0, 0.05) is 11.1 Å². The molecule has 2 N–H and O–H groups in total. The number of carbonyl (C=O) groups is 1. The summed E-state index contributed by atoms with van der Waals surface area (Å²) in [6.07, 6.45) is 0. The van der Waals surface area contributed by atoms with E-state index in [1.54, 1.807) is 5.38 Å². The van der Waals surface area contributed by atoms with Crippen molar-refractivity contribution in [1.82, 2.24) is 4.98 Å². The number of amides is 1. The van der Waals surface area contributed by atoms with Gasteiger partial charge >= 0.3 is 0 Å². The summed E-state index contributed by atoms with van der Waals surface area (Å²) in [5.74, 6) is -0.417. The standard InChI is InChI=1S/C16H20N2O2S/c1-9-5-10(2)14(11(3)6-9)18-15(20)12(4)16-17-13(7-19)8-21-16/h5-6,8,12,19H,7H2,1-4H3,(H,18,20). The van der Waals surface area contributed by atoms with Crippen molar-refractivity contribution in [3.05, 3.63) is 44.9 Å². The molecule has 2 aromatic rings. The Bertz CT molecular complexity index is 641. The molecule has 1 heterocycles. The normalized spacial score (nSPS) is 12.2. The molecule has 21 heavy (non-hydrogen) atoms. The van der Waals surface area contributed by atoms with Crippen LogP contribution < -0.4 is 5.32 Å². The van der Waals surface area contributed by atoms with Crippen molar-refractivity contribution in [2.75, 3.05) is 5.32 Å². The van der Waals surface area contributed by atoms with E-state index in [2.05, 4.69) is 22.4 Å². The topological polar surface area (TPSA) is 62.2 Å². The monoisotopic (exact) mass is 304 g/mol. The highest BCUT2D eigenvalue weighted by Gasteiger charge is 2.20. The molecule has 4 nitrogen and oxygen atoms in total. The largest absolute Gasteiger partial charge is 0.390 e. The molecular weight excluding hydrogens is 284 g/mol. The fraction of sp³-hybridized carbons (Fsp3) is 0.375. The van der Waals surface area contributed by atoms with E-state index in [1.807, 2.05) is 27.7 Å². The third-order valence-electron chi connectivity index (χ3n) is 3.42.